The molecule has 1 atom stereocenters. The summed E-state index contributed by atoms with van der Waals surface area (Å²) in [5.41, 5.74) is 1.32. The van der Waals surface area contributed by atoms with Crippen molar-refractivity contribution in [2.75, 3.05) is 50.7 Å². The van der Waals surface area contributed by atoms with Crippen LogP contribution in [0.25, 0.3) is 0 Å². The Morgan fingerprint density at radius 3 is 2.50 bits per heavy atom. The number of para-hydroxylation sites is 1. The molecule has 0 bridgehead atoms. The fourth-order valence-corrected chi connectivity index (χ4v) is 4.22. The standard InChI is InChI=1S/C22H37N5.HI/c1-3-23-22(24-14-10-19-11-15-26(4-2)16-12-19)25-20-13-17-27(18-20)21-8-6-5-7-9-21;/h5-9,19-20H,3-4,10-18H2,1-2H3,(H2,23,24,25);1H. The highest BCUT2D eigenvalue weighted by molar-refractivity contribution is 14.0. The molecule has 0 aliphatic carbocycles. The van der Waals surface area contributed by atoms with E-state index in [1.165, 1.54) is 44.6 Å². The van der Waals surface area contributed by atoms with E-state index in [0.717, 1.165) is 44.5 Å². The molecule has 6 heteroatoms. The molecule has 0 saturated carbocycles. The number of nitrogens with one attached hydrogen (secondary N) is 2. The van der Waals surface area contributed by atoms with E-state index >= 15 is 0 Å². The first-order valence-corrected chi connectivity index (χ1v) is 10.9. The van der Waals surface area contributed by atoms with Gasteiger partial charge in [-0.15, -0.1) is 24.0 Å². The lowest BCUT2D eigenvalue weighted by atomic mass is 9.94. The minimum atomic E-state index is 0. The minimum absolute atomic E-state index is 0. The topological polar surface area (TPSA) is 42.9 Å². The van der Waals surface area contributed by atoms with Crippen LogP contribution in [0.2, 0.25) is 0 Å². The van der Waals surface area contributed by atoms with Gasteiger partial charge in [0.25, 0.3) is 0 Å². The van der Waals surface area contributed by atoms with Crippen molar-refractivity contribution in [3.05, 3.63) is 30.3 Å². The van der Waals surface area contributed by atoms with Gasteiger partial charge in [0.1, 0.15) is 0 Å². The number of aliphatic imine (C=N–C) groups is 1. The molecule has 2 fully saturated rings. The van der Waals surface area contributed by atoms with E-state index in [0.29, 0.717) is 6.04 Å². The van der Waals surface area contributed by atoms with Gasteiger partial charge in [-0.05, 0) is 70.3 Å². The Morgan fingerprint density at radius 1 is 1.07 bits per heavy atom. The number of hydrogen-bond acceptors (Lipinski definition) is 3. The lowest BCUT2D eigenvalue weighted by Crippen LogP contribution is -2.44. The molecule has 1 unspecified atom stereocenters. The van der Waals surface area contributed by atoms with E-state index in [1.807, 2.05) is 0 Å². The fourth-order valence-electron chi connectivity index (χ4n) is 4.22. The Balaban J connectivity index is 0.00000280. The SMILES string of the molecule is CCNC(=NCCC1CCN(CC)CC1)NC1CCN(c2ccccc2)C1.I. The van der Waals surface area contributed by atoms with E-state index in [2.05, 4.69) is 64.6 Å². The number of halogens is 1. The van der Waals surface area contributed by atoms with Crippen molar-refractivity contribution >= 4 is 35.6 Å². The van der Waals surface area contributed by atoms with Crippen LogP contribution in [0.15, 0.2) is 35.3 Å². The van der Waals surface area contributed by atoms with Crippen LogP contribution in [0.3, 0.4) is 0 Å². The third kappa shape index (κ3) is 7.10. The van der Waals surface area contributed by atoms with E-state index in [9.17, 15) is 0 Å². The molecule has 0 spiro atoms. The lowest BCUT2D eigenvalue weighted by Gasteiger charge is -2.30. The number of rotatable bonds is 7. The largest absolute Gasteiger partial charge is 0.369 e. The monoisotopic (exact) mass is 499 g/mol. The van der Waals surface area contributed by atoms with Crippen molar-refractivity contribution < 1.29 is 0 Å². The first kappa shape index (κ1) is 23.3. The van der Waals surface area contributed by atoms with Crippen LogP contribution in [0.5, 0.6) is 0 Å². The van der Waals surface area contributed by atoms with Crippen molar-refractivity contribution in [2.24, 2.45) is 10.9 Å². The molecule has 3 rings (SSSR count). The zero-order valence-corrected chi connectivity index (χ0v) is 19.9. The number of guanidine groups is 1. The molecule has 2 aliphatic heterocycles. The van der Waals surface area contributed by atoms with Gasteiger partial charge in [0.05, 0.1) is 0 Å². The molecule has 5 nitrogen and oxygen atoms in total. The highest BCUT2D eigenvalue weighted by atomic mass is 127. The van der Waals surface area contributed by atoms with E-state index in [4.69, 9.17) is 4.99 Å². The first-order chi connectivity index (χ1) is 13.3. The summed E-state index contributed by atoms with van der Waals surface area (Å²) in [6, 6.07) is 11.2. The van der Waals surface area contributed by atoms with Crippen LogP contribution in [-0.4, -0.2) is 62.7 Å². The second-order valence-corrected chi connectivity index (χ2v) is 7.84. The number of likely N-dealkylation sites (tertiary alicyclic amines) is 1. The molecule has 28 heavy (non-hydrogen) atoms. The molecule has 158 valence electrons. The molecule has 0 amide bonds. The van der Waals surface area contributed by atoms with E-state index in [-0.39, 0.29) is 24.0 Å². The third-order valence-electron chi connectivity index (χ3n) is 5.96. The molecule has 1 aromatic carbocycles. The predicted molar refractivity (Wildman–Crippen MR) is 131 cm³/mol. The van der Waals surface area contributed by atoms with Gasteiger partial charge in [-0.3, -0.25) is 4.99 Å². The summed E-state index contributed by atoms with van der Waals surface area (Å²) in [7, 11) is 0. The summed E-state index contributed by atoms with van der Waals surface area (Å²) < 4.78 is 0. The first-order valence-electron chi connectivity index (χ1n) is 10.9. The maximum absolute atomic E-state index is 4.87. The smallest absolute Gasteiger partial charge is 0.191 e. The van der Waals surface area contributed by atoms with Gasteiger partial charge in [-0.25, -0.2) is 0 Å². The van der Waals surface area contributed by atoms with Crippen molar-refractivity contribution in [1.82, 2.24) is 15.5 Å². The summed E-state index contributed by atoms with van der Waals surface area (Å²) in [5.74, 6) is 1.84. The quantitative estimate of drug-likeness (QED) is 0.342. The molecule has 0 radical (unpaired) electrons. The van der Waals surface area contributed by atoms with Gasteiger partial charge in [-0.1, -0.05) is 25.1 Å². The Morgan fingerprint density at radius 2 is 1.82 bits per heavy atom. The summed E-state index contributed by atoms with van der Waals surface area (Å²) in [5, 5.41) is 7.09. The van der Waals surface area contributed by atoms with Crippen LogP contribution in [0, 0.1) is 5.92 Å². The summed E-state index contributed by atoms with van der Waals surface area (Å²) >= 11 is 0. The number of piperidine rings is 1. The molecular formula is C22H38IN5. The van der Waals surface area contributed by atoms with Gasteiger partial charge >= 0.3 is 0 Å². The molecule has 2 heterocycles. The Bertz CT molecular complexity index is 572. The Hall–Kier alpha value is -1.02. The summed E-state index contributed by atoms with van der Waals surface area (Å²) in [6.45, 7) is 12.1. The number of hydrogen-bond donors (Lipinski definition) is 2. The average molecular weight is 499 g/mol. The second kappa shape index (κ2) is 12.5. The van der Waals surface area contributed by atoms with Crippen LogP contribution in [0.4, 0.5) is 5.69 Å². The number of anilines is 1. The van der Waals surface area contributed by atoms with Crippen LogP contribution in [-0.2, 0) is 0 Å². The van der Waals surface area contributed by atoms with Crippen molar-refractivity contribution in [3.63, 3.8) is 0 Å². The van der Waals surface area contributed by atoms with Gasteiger partial charge in [0.15, 0.2) is 5.96 Å². The van der Waals surface area contributed by atoms with Crippen molar-refractivity contribution in [1.29, 1.82) is 0 Å². The average Bonchev–Trinajstić information content (AvgIpc) is 3.18. The minimum Gasteiger partial charge on any atom is -0.369 e. The van der Waals surface area contributed by atoms with Crippen LogP contribution >= 0.6 is 24.0 Å². The Kier molecular flexibility index (Phi) is 10.4. The predicted octanol–water partition coefficient (Wildman–Crippen LogP) is 3.56. The zero-order chi connectivity index (χ0) is 18.9. The maximum Gasteiger partial charge on any atom is 0.191 e. The number of nitrogens with zero attached hydrogens (tertiary/aromatic N) is 3. The normalized spacial score (nSPS) is 21.4. The third-order valence-corrected chi connectivity index (χ3v) is 5.96. The van der Waals surface area contributed by atoms with Gasteiger partial charge in [0.2, 0.25) is 0 Å². The van der Waals surface area contributed by atoms with Crippen LogP contribution < -0.4 is 15.5 Å². The van der Waals surface area contributed by atoms with Crippen molar-refractivity contribution in [2.45, 2.75) is 45.6 Å². The zero-order valence-electron chi connectivity index (χ0n) is 17.6. The van der Waals surface area contributed by atoms with E-state index in [1.54, 1.807) is 0 Å². The molecule has 2 saturated heterocycles. The fraction of sp³-hybridized carbons (Fsp3) is 0.682. The highest BCUT2D eigenvalue weighted by Crippen LogP contribution is 2.21. The van der Waals surface area contributed by atoms with E-state index < -0.39 is 0 Å². The molecule has 2 aliphatic rings. The highest BCUT2D eigenvalue weighted by Gasteiger charge is 2.23. The summed E-state index contributed by atoms with van der Waals surface area (Å²) in [6.07, 6.45) is 5.05. The van der Waals surface area contributed by atoms with Crippen LogP contribution in [0.1, 0.15) is 39.5 Å². The Labute approximate surface area is 188 Å². The van der Waals surface area contributed by atoms with Gasteiger partial charge < -0.3 is 20.4 Å². The van der Waals surface area contributed by atoms with Crippen molar-refractivity contribution in [3.8, 4) is 0 Å². The number of benzene rings is 1. The lowest BCUT2D eigenvalue weighted by molar-refractivity contribution is 0.188. The molecule has 2 N–H and O–H groups in total. The second-order valence-electron chi connectivity index (χ2n) is 7.84. The molecule has 0 aromatic heterocycles. The molecule has 1 aromatic rings. The molecular weight excluding hydrogens is 461 g/mol. The van der Waals surface area contributed by atoms with Gasteiger partial charge in [-0.2, -0.15) is 0 Å². The summed E-state index contributed by atoms with van der Waals surface area (Å²) in [4.78, 5) is 9.89. The maximum atomic E-state index is 4.87. The van der Waals surface area contributed by atoms with Gasteiger partial charge in [0, 0.05) is 37.9 Å².